The highest BCUT2D eigenvalue weighted by Gasteiger charge is 2.45. The summed E-state index contributed by atoms with van der Waals surface area (Å²) in [4.78, 5) is 2.65. The van der Waals surface area contributed by atoms with Crippen molar-refractivity contribution in [3.8, 4) is 0 Å². The second kappa shape index (κ2) is 5.89. The lowest BCUT2D eigenvalue weighted by Crippen LogP contribution is -2.58. The third kappa shape index (κ3) is 2.59. The van der Waals surface area contributed by atoms with Crippen molar-refractivity contribution in [1.82, 2.24) is 4.90 Å². The summed E-state index contributed by atoms with van der Waals surface area (Å²) < 4.78 is 5.81. The minimum Gasteiger partial charge on any atom is -0.376 e. The molecule has 18 heavy (non-hydrogen) atoms. The second-order valence-corrected chi connectivity index (χ2v) is 6.49. The third-order valence-electron chi connectivity index (χ3n) is 5.36. The summed E-state index contributed by atoms with van der Waals surface area (Å²) in [5, 5.41) is 0. The summed E-state index contributed by atoms with van der Waals surface area (Å²) in [6, 6.07) is 0. The van der Waals surface area contributed by atoms with E-state index in [1.54, 1.807) is 0 Å². The minimum absolute atomic E-state index is 0.117. The van der Waals surface area contributed by atoms with Gasteiger partial charge in [0.05, 0.1) is 11.6 Å². The van der Waals surface area contributed by atoms with Crippen LogP contribution in [-0.2, 0) is 4.74 Å². The van der Waals surface area contributed by atoms with E-state index < -0.39 is 0 Å². The summed E-state index contributed by atoms with van der Waals surface area (Å²) >= 11 is 0. The Kier molecular flexibility index (Phi) is 4.68. The Balaban J connectivity index is 2.04. The van der Waals surface area contributed by atoms with Crippen molar-refractivity contribution < 1.29 is 4.74 Å². The monoisotopic (exact) mass is 254 g/mol. The van der Waals surface area contributed by atoms with Crippen LogP contribution in [0.1, 0.15) is 46.5 Å². The van der Waals surface area contributed by atoms with Crippen LogP contribution in [0.15, 0.2) is 0 Å². The zero-order chi connectivity index (χ0) is 13.2. The Morgan fingerprint density at radius 3 is 2.67 bits per heavy atom. The lowest BCUT2D eigenvalue weighted by atomic mass is 9.88. The maximum Gasteiger partial charge on any atom is 0.0743 e. The van der Waals surface area contributed by atoms with Gasteiger partial charge in [-0.2, -0.15) is 0 Å². The molecule has 2 heterocycles. The van der Waals surface area contributed by atoms with Gasteiger partial charge >= 0.3 is 0 Å². The molecular weight excluding hydrogens is 224 g/mol. The van der Waals surface area contributed by atoms with Crippen LogP contribution in [0.3, 0.4) is 0 Å². The third-order valence-corrected chi connectivity index (χ3v) is 5.36. The summed E-state index contributed by atoms with van der Waals surface area (Å²) in [6.45, 7) is 10.9. The fraction of sp³-hybridized carbons (Fsp3) is 1.00. The highest BCUT2D eigenvalue weighted by atomic mass is 16.5. The first-order chi connectivity index (χ1) is 8.60. The van der Waals surface area contributed by atoms with E-state index in [0.717, 1.165) is 31.4 Å². The quantitative estimate of drug-likeness (QED) is 0.839. The molecular formula is C15H30N2O. The molecule has 2 fully saturated rings. The van der Waals surface area contributed by atoms with Crippen LogP contribution in [0.2, 0.25) is 0 Å². The molecule has 3 heteroatoms. The van der Waals surface area contributed by atoms with E-state index in [9.17, 15) is 0 Å². The fourth-order valence-electron chi connectivity index (χ4n) is 3.82. The summed E-state index contributed by atoms with van der Waals surface area (Å²) in [5.41, 5.74) is 6.23. The van der Waals surface area contributed by atoms with Crippen molar-refractivity contribution in [2.75, 3.05) is 26.2 Å². The molecule has 0 aromatic rings. The molecule has 0 amide bonds. The Morgan fingerprint density at radius 2 is 2.11 bits per heavy atom. The molecule has 0 radical (unpaired) electrons. The fourth-order valence-corrected chi connectivity index (χ4v) is 3.82. The molecule has 2 rings (SSSR count). The number of rotatable bonds is 3. The van der Waals surface area contributed by atoms with Crippen molar-refractivity contribution in [2.45, 2.75) is 58.1 Å². The number of likely N-dealkylation sites (tertiary alicyclic amines) is 1. The Hall–Kier alpha value is -0.120. The van der Waals surface area contributed by atoms with Crippen molar-refractivity contribution in [1.29, 1.82) is 0 Å². The average molecular weight is 254 g/mol. The number of ether oxygens (including phenoxy) is 1. The Bertz CT molecular complexity index is 269. The molecule has 0 spiro atoms. The van der Waals surface area contributed by atoms with Gasteiger partial charge in [-0.05, 0) is 57.5 Å². The topological polar surface area (TPSA) is 38.5 Å². The van der Waals surface area contributed by atoms with Gasteiger partial charge in [-0.25, -0.2) is 0 Å². The van der Waals surface area contributed by atoms with Gasteiger partial charge in [-0.1, -0.05) is 13.8 Å². The average Bonchev–Trinajstić information content (AvgIpc) is 2.59. The predicted molar refractivity (Wildman–Crippen MR) is 75.6 cm³/mol. The maximum atomic E-state index is 6.11. The van der Waals surface area contributed by atoms with Crippen molar-refractivity contribution in [2.24, 2.45) is 17.6 Å². The van der Waals surface area contributed by atoms with Gasteiger partial charge in [0.25, 0.3) is 0 Å². The number of hydrogen-bond acceptors (Lipinski definition) is 3. The zero-order valence-corrected chi connectivity index (χ0v) is 12.3. The smallest absolute Gasteiger partial charge is 0.0743 e. The van der Waals surface area contributed by atoms with Crippen molar-refractivity contribution in [3.05, 3.63) is 0 Å². The predicted octanol–water partition coefficient (Wildman–Crippen LogP) is 2.25. The molecule has 3 unspecified atom stereocenters. The van der Waals surface area contributed by atoms with E-state index in [1.165, 1.54) is 32.4 Å². The van der Waals surface area contributed by atoms with E-state index >= 15 is 0 Å². The number of hydrogen-bond donors (Lipinski definition) is 1. The summed E-state index contributed by atoms with van der Waals surface area (Å²) in [7, 11) is 0. The van der Waals surface area contributed by atoms with Gasteiger partial charge < -0.3 is 10.5 Å². The molecule has 0 aliphatic carbocycles. The second-order valence-electron chi connectivity index (χ2n) is 6.49. The lowest BCUT2D eigenvalue weighted by molar-refractivity contribution is 0.0152. The van der Waals surface area contributed by atoms with E-state index in [4.69, 9.17) is 10.5 Å². The number of nitrogens with two attached hydrogens (primary N) is 1. The van der Waals surface area contributed by atoms with Crippen molar-refractivity contribution in [3.63, 3.8) is 0 Å². The van der Waals surface area contributed by atoms with Gasteiger partial charge in [0.2, 0.25) is 0 Å². The highest BCUT2D eigenvalue weighted by Crippen LogP contribution is 2.35. The molecule has 3 atom stereocenters. The molecule has 0 aromatic carbocycles. The van der Waals surface area contributed by atoms with Crippen LogP contribution in [-0.4, -0.2) is 42.8 Å². The van der Waals surface area contributed by atoms with Gasteiger partial charge in [0.15, 0.2) is 0 Å². The van der Waals surface area contributed by atoms with Crippen LogP contribution in [0.5, 0.6) is 0 Å². The molecule has 0 saturated carbocycles. The normalized spacial score (nSPS) is 39.2. The van der Waals surface area contributed by atoms with Crippen molar-refractivity contribution >= 4 is 0 Å². The molecule has 2 aliphatic heterocycles. The Labute approximate surface area is 112 Å². The first-order valence-corrected chi connectivity index (χ1v) is 7.67. The summed E-state index contributed by atoms with van der Waals surface area (Å²) in [6.07, 6.45) is 5.42. The Morgan fingerprint density at radius 1 is 1.33 bits per heavy atom. The molecule has 0 bridgehead atoms. The van der Waals surface area contributed by atoms with Crippen LogP contribution in [0.4, 0.5) is 0 Å². The minimum atomic E-state index is 0.117. The van der Waals surface area contributed by atoms with Gasteiger partial charge in [0.1, 0.15) is 0 Å². The lowest BCUT2D eigenvalue weighted by Gasteiger charge is -2.42. The largest absolute Gasteiger partial charge is 0.376 e. The molecule has 3 nitrogen and oxygen atoms in total. The highest BCUT2D eigenvalue weighted by molar-refractivity contribution is 5.01. The molecule has 106 valence electrons. The van der Waals surface area contributed by atoms with Gasteiger partial charge in [-0.15, -0.1) is 0 Å². The molecule has 2 N–H and O–H groups in total. The maximum absolute atomic E-state index is 6.11. The van der Waals surface area contributed by atoms with Crippen LogP contribution >= 0.6 is 0 Å². The van der Waals surface area contributed by atoms with Crippen LogP contribution in [0, 0.1) is 11.8 Å². The first-order valence-electron chi connectivity index (χ1n) is 7.67. The van der Waals surface area contributed by atoms with E-state index in [2.05, 4.69) is 25.7 Å². The van der Waals surface area contributed by atoms with E-state index in [-0.39, 0.29) is 11.6 Å². The number of nitrogens with zero attached hydrogens (tertiary/aromatic N) is 1. The van der Waals surface area contributed by atoms with Gasteiger partial charge in [-0.3, -0.25) is 4.90 Å². The van der Waals surface area contributed by atoms with Crippen LogP contribution in [0.25, 0.3) is 0 Å². The van der Waals surface area contributed by atoms with E-state index in [1.807, 2.05) is 0 Å². The standard InChI is InChI=1S/C15H30N2O/c1-12(2)14-5-4-8-17(9-6-14)15(11-16)7-10-18-13(15)3/h12-14H,4-11,16H2,1-3H3. The summed E-state index contributed by atoms with van der Waals surface area (Å²) in [5.74, 6) is 1.71. The molecule has 2 aliphatic rings. The molecule has 2 saturated heterocycles. The van der Waals surface area contributed by atoms with Gasteiger partial charge in [0, 0.05) is 13.2 Å². The SMILES string of the molecule is CC(C)C1CCCN(C2(CN)CCOC2C)CC1. The molecule has 0 aromatic heterocycles. The first kappa shape index (κ1) is 14.3. The van der Waals surface area contributed by atoms with E-state index in [0.29, 0.717) is 0 Å². The zero-order valence-electron chi connectivity index (χ0n) is 12.3. The van der Waals surface area contributed by atoms with Crippen LogP contribution < -0.4 is 5.73 Å².